The van der Waals surface area contributed by atoms with E-state index in [4.69, 9.17) is 6.42 Å². The number of aryl methyl sites for hydroxylation is 3. The van der Waals surface area contributed by atoms with Crippen molar-refractivity contribution in [2.24, 2.45) is 4.99 Å². The van der Waals surface area contributed by atoms with Crippen LogP contribution >= 0.6 is 11.3 Å². The summed E-state index contributed by atoms with van der Waals surface area (Å²) in [6.45, 7) is 6.43. The van der Waals surface area contributed by atoms with Crippen LogP contribution in [-0.2, 0) is 6.54 Å². The average Bonchev–Trinajstić information content (AvgIpc) is 2.85. The topological polar surface area (TPSA) is 34.4 Å². The maximum atomic E-state index is 12.6. The van der Waals surface area contributed by atoms with E-state index in [1.54, 1.807) is 6.07 Å². The largest absolute Gasteiger partial charge is 0.304 e. The molecule has 0 aliphatic carbocycles. The number of carbonyl (C=O) groups excluding carboxylic acids is 1. The molecule has 0 aliphatic rings. The zero-order valence-corrected chi connectivity index (χ0v) is 14.8. The zero-order valence-electron chi connectivity index (χ0n) is 14.0. The molecule has 2 aromatic carbocycles. The van der Waals surface area contributed by atoms with Crippen molar-refractivity contribution in [3.05, 3.63) is 63.5 Å². The summed E-state index contributed by atoms with van der Waals surface area (Å²) >= 11 is 1.50. The van der Waals surface area contributed by atoms with Crippen molar-refractivity contribution in [3.8, 4) is 12.3 Å². The van der Waals surface area contributed by atoms with Crippen molar-refractivity contribution < 1.29 is 4.79 Å². The van der Waals surface area contributed by atoms with Gasteiger partial charge in [-0.2, -0.15) is 4.99 Å². The minimum absolute atomic E-state index is 0.236. The fourth-order valence-corrected chi connectivity index (χ4v) is 4.08. The number of hydrogen-bond donors (Lipinski definition) is 0. The van der Waals surface area contributed by atoms with E-state index >= 15 is 0 Å². The summed E-state index contributed by atoms with van der Waals surface area (Å²) in [5, 5.41) is 0. The highest BCUT2D eigenvalue weighted by Gasteiger charge is 2.12. The van der Waals surface area contributed by atoms with Crippen LogP contribution in [0, 0.1) is 33.1 Å². The van der Waals surface area contributed by atoms with Crippen molar-refractivity contribution in [1.29, 1.82) is 0 Å². The molecule has 0 spiro atoms. The fraction of sp³-hybridized carbons (Fsp3) is 0.200. The Balaban J connectivity index is 2.24. The number of aromatic nitrogens is 1. The lowest BCUT2D eigenvalue weighted by molar-refractivity contribution is 0.0997. The molecular formula is C20H18N2OS. The molecule has 3 rings (SSSR count). The molecule has 1 aromatic heterocycles. The molecule has 0 bridgehead atoms. The van der Waals surface area contributed by atoms with Gasteiger partial charge in [0.05, 0.1) is 16.8 Å². The van der Waals surface area contributed by atoms with Crippen molar-refractivity contribution >= 4 is 27.5 Å². The van der Waals surface area contributed by atoms with Crippen molar-refractivity contribution in [2.45, 2.75) is 27.3 Å². The molecule has 0 radical (unpaired) electrons. The van der Waals surface area contributed by atoms with Crippen LogP contribution in [0.3, 0.4) is 0 Å². The van der Waals surface area contributed by atoms with E-state index < -0.39 is 0 Å². The summed E-state index contributed by atoms with van der Waals surface area (Å²) in [5.41, 5.74) is 4.92. The Bertz CT molecular complexity index is 1050. The molecule has 0 aliphatic heterocycles. The molecule has 0 atom stereocenters. The molecule has 3 nitrogen and oxygen atoms in total. The number of nitrogens with zero attached hydrogens (tertiary/aromatic N) is 2. The predicted molar refractivity (Wildman–Crippen MR) is 99.2 cm³/mol. The van der Waals surface area contributed by atoms with E-state index in [2.05, 4.69) is 36.9 Å². The summed E-state index contributed by atoms with van der Waals surface area (Å²) in [4.78, 5) is 17.6. The minimum Gasteiger partial charge on any atom is -0.304 e. The van der Waals surface area contributed by atoms with Gasteiger partial charge in [-0.1, -0.05) is 41.5 Å². The molecule has 3 aromatic rings. The third-order valence-corrected chi connectivity index (χ3v) is 4.96. The Kier molecular flexibility index (Phi) is 4.37. The smallest absolute Gasteiger partial charge is 0.279 e. The van der Waals surface area contributed by atoms with Crippen molar-refractivity contribution in [3.63, 3.8) is 0 Å². The van der Waals surface area contributed by atoms with Crippen LogP contribution in [0.4, 0.5) is 0 Å². The van der Waals surface area contributed by atoms with Gasteiger partial charge in [0.15, 0.2) is 4.80 Å². The molecular weight excluding hydrogens is 316 g/mol. The second-order valence-corrected chi connectivity index (χ2v) is 6.84. The first-order valence-corrected chi connectivity index (χ1v) is 8.51. The van der Waals surface area contributed by atoms with E-state index in [1.165, 1.54) is 16.9 Å². The second kappa shape index (κ2) is 6.46. The Morgan fingerprint density at radius 1 is 1.21 bits per heavy atom. The first-order chi connectivity index (χ1) is 11.5. The fourth-order valence-electron chi connectivity index (χ4n) is 2.87. The summed E-state index contributed by atoms with van der Waals surface area (Å²) in [5.74, 6) is 2.43. The molecule has 0 N–H and O–H groups in total. The first-order valence-electron chi connectivity index (χ1n) is 7.70. The quantitative estimate of drug-likeness (QED) is 0.652. The van der Waals surface area contributed by atoms with Crippen molar-refractivity contribution in [2.75, 3.05) is 0 Å². The van der Waals surface area contributed by atoms with Crippen LogP contribution in [0.25, 0.3) is 10.2 Å². The SMILES string of the molecule is C#CCn1c(=NC(=O)c2ccccc2C)sc2cc(C)cc(C)c21. The van der Waals surface area contributed by atoms with Gasteiger partial charge in [0.2, 0.25) is 0 Å². The Morgan fingerprint density at radius 3 is 2.67 bits per heavy atom. The number of carbonyl (C=O) groups is 1. The molecule has 0 fully saturated rings. The van der Waals surface area contributed by atoms with Crippen LogP contribution in [0.15, 0.2) is 41.4 Å². The van der Waals surface area contributed by atoms with Crippen LogP contribution in [-0.4, -0.2) is 10.5 Å². The number of benzene rings is 2. The molecule has 4 heteroatoms. The third-order valence-electron chi connectivity index (χ3n) is 3.93. The summed E-state index contributed by atoms with van der Waals surface area (Å²) in [6, 6.07) is 11.7. The minimum atomic E-state index is -0.236. The van der Waals surface area contributed by atoms with Gasteiger partial charge in [0, 0.05) is 5.56 Å². The average molecular weight is 334 g/mol. The number of hydrogen-bond acceptors (Lipinski definition) is 2. The lowest BCUT2D eigenvalue weighted by Crippen LogP contribution is -2.17. The van der Waals surface area contributed by atoms with E-state index in [0.29, 0.717) is 16.9 Å². The zero-order chi connectivity index (χ0) is 17.3. The lowest BCUT2D eigenvalue weighted by atomic mass is 10.1. The van der Waals surface area contributed by atoms with E-state index in [0.717, 1.165) is 21.3 Å². The highest BCUT2D eigenvalue weighted by molar-refractivity contribution is 7.16. The number of amides is 1. The Labute approximate surface area is 145 Å². The number of thiazole rings is 1. The monoisotopic (exact) mass is 334 g/mol. The van der Waals surface area contributed by atoms with Crippen LogP contribution in [0.2, 0.25) is 0 Å². The predicted octanol–water partition coefficient (Wildman–Crippen LogP) is 4.00. The van der Waals surface area contributed by atoms with E-state index in [-0.39, 0.29) is 5.91 Å². The molecule has 24 heavy (non-hydrogen) atoms. The highest BCUT2D eigenvalue weighted by atomic mass is 32.1. The van der Waals surface area contributed by atoms with Gasteiger partial charge < -0.3 is 4.57 Å². The molecule has 0 unspecified atom stereocenters. The second-order valence-electron chi connectivity index (χ2n) is 5.84. The van der Waals surface area contributed by atoms with Crippen molar-refractivity contribution in [1.82, 2.24) is 4.57 Å². The Hall–Kier alpha value is -2.64. The van der Waals surface area contributed by atoms with Gasteiger partial charge in [-0.3, -0.25) is 4.79 Å². The van der Waals surface area contributed by atoms with E-state index in [1.807, 2.05) is 29.7 Å². The van der Waals surface area contributed by atoms with Gasteiger partial charge >= 0.3 is 0 Å². The molecule has 120 valence electrons. The van der Waals surface area contributed by atoms with Gasteiger partial charge in [-0.15, -0.1) is 6.42 Å². The normalized spacial score (nSPS) is 11.7. The Morgan fingerprint density at radius 2 is 1.96 bits per heavy atom. The number of terminal acetylenes is 1. The maximum absolute atomic E-state index is 12.6. The van der Waals surface area contributed by atoms with Gasteiger partial charge in [-0.25, -0.2) is 0 Å². The lowest BCUT2D eigenvalue weighted by Gasteiger charge is -2.04. The van der Waals surface area contributed by atoms with Gasteiger partial charge in [-0.05, 0) is 49.6 Å². The highest BCUT2D eigenvalue weighted by Crippen LogP contribution is 2.23. The summed E-state index contributed by atoms with van der Waals surface area (Å²) in [7, 11) is 0. The van der Waals surface area contributed by atoms with Gasteiger partial charge in [0.25, 0.3) is 5.91 Å². The van der Waals surface area contributed by atoms with Crippen LogP contribution in [0.5, 0.6) is 0 Å². The van der Waals surface area contributed by atoms with Crippen LogP contribution < -0.4 is 4.80 Å². The maximum Gasteiger partial charge on any atom is 0.279 e. The molecule has 1 heterocycles. The summed E-state index contributed by atoms with van der Waals surface area (Å²) in [6.07, 6.45) is 5.53. The molecule has 1 amide bonds. The van der Waals surface area contributed by atoms with Crippen LogP contribution in [0.1, 0.15) is 27.0 Å². The molecule has 0 saturated heterocycles. The standard InChI is InChI=1S/C20H18N2OS/c1-5-10-22-18-15(4)11-13(2)12-17(18)24-20(22)21-19(23)16-9-7-6-8-14(16)3/h1,6-9,11-12H,10H2,2-4H3. The summed E-state index contributed by atoms with van der Waals surface area (Å²) < 4.78 is 3.05. The van der Waals surface area contributed by atoms with E-state index in [9.17, 15) is 4.79 Å². The first kappa shape index (κ1) is 16.2. The third kappa shape index (κ3) is 2.91. The number of rotatable bonds is 2. The molecule has 0 saturated carbocycles. The number of fused-ring (bicyclic) bond motifs is 1. The van der Waals surface area contributed by atoms with Gasteiger partial charge in [0.1, 0.15) is 0 Å².